The van der Waals surface area contributed by atoms with Gasteiger partial charge in [0.15, 0.2) is 21.8 Å². The van der Waals surface area contributed by atoms with Gasteiger partial charge in [0.05, 0.1) is 24.0 Å². The van der Waals surface area contributed by atoms with Crippen LogP contribution in [0.4, 0.5) is 11.4 Å². The summed E-state index contributed by atoms with van der Waals surface area (Å²) in [5, 5.41) is 23.6. The zero-order chi connectivity index (χ0) is 35.9. The van der Waals surface area contributed by atoms with Crippen molar-refractivity contribution in [2.75, 3.05) is 22.1 Å². The molecule has 12 nitrogen and oxygen atoms in total. The molecule has 0 fully saturated rings. The van der Waals surface area contributed by atoms with Gasteiger partial charge in [0, 0.05) is 23.1 Å². The van der Waals surface area contributed by atoms with Crippen LogP contribution in [-0.4, -0.2) is 52.8 Å². The maximum Gasteiger partial charge on any atom is 0.234 e. The second kappa shape index (κ2) is 18.4. The van der Waals surface area contributed by atoms with Gasteiger partial charge in [-0.05, 0) is 69.3 Å². The first kappa shape index (κ1) is 37.5. The molecule has 0 radical (unpaired) electrons. The molecule has 0 atom stereocenters. The van der Waals surface area contributed by atoms with E-state index in [1.165, 1.54) is 23.5 Å². The van der Waals surface area contributed by atoms with Gasteiger partial charge < -0.3 is 19.5 Å². The minimum atomic E-state index is -0.246. The number of para-hydroxylation sites is 2. The van der Waals surface area contributed by atoms with E-state index < -0.39 is 0 Å². The van der Waals surface area contributed by atoms with E-state index in [9.17, 15) is 9.59 Å². The second-order valence-electron chi connectivity index (χ2n) is 11.0. The molecule has 0 saturated heterocycles. The fourth-order valence-electron chi connectivity index (χ4n) is 4.34. The fourth-order valence-corrected chi connectivity index (χ4v) is 6.00. The van der Waals surface area contributed by atoms with Gasteiger partial charge in [-0.25, -0.2) is 0 Å². The summed E-state index contributed by atoms with van der Waals surface area (Å²) in [5.41, 5.74) is 1.30. The molecule has 50 heavy (non-hydrogen) atoms. The largest absolute Gasteiger partial charge is 0.461 e. The van der Waals surface area contributed by atoms with Gasteiger partial charge in [-0.3, -0.25) is 18.7 Å². The van der Waals surface area contributed by atoms with Gasteiger partial charge in [-0.1, -0.05) is 80.3 Å². The Balaban J connectivity index is 0.000000215. The van der Waals surface area contributed by atoms with Gasteiger partial charge in [-0.15, -0.1) is 20.4 Å². The van der Waals surface area contributed by atoms with Gasteiger partial charge in [-0.2, -0.15) is 0 Å². The lowest BCUT2D eigenvalue weighted by molar-refractivity contribution is -0.114. The Bertz CT molecular complexity index is 1920. The smallest absolute Gasteiger partial charge is 0.234 e. The number of nitrogens with one attached hydrogen (secondary N) is 2. The summed E-state index contributed by atoms with van der Waals surface area (Å²) in [4.78, 5) is 24.2. The van der Waals surface area contributed by atoms with Crippen LogP contribution in [0, 0.1) is 0 Å². The Morgan fingerprint density at radius 2 is 1.16 bits per heavy atom. The molecule has 0 saturated carbocycles. The zero-order valence-electron chi connectivity index (χ0n) is 28.6. The van der Waals surface area contributed by atoms with Gasteiger partial charge >= 0.3 is 0 Å². The van der Waals surface area contributed by atoms with Crippen molar-refractivity contribution < 1.29 is 18.4 Å². The summed E-state index contributed by atoms with van der Waals surface area (Å²) in [5.74, 6) is 2.74. The standard InChI is InChI=1S/C18H20N4O2S.C16H14N4O2S.C2H6/c1-18(2,3)22-16(14-10-7-11-24-14)20-21-17(22)25-12-15(23)19-13-8-5-4-6-9-13;1-2-20-15(13-9-6-10-22-13)18-19-16(20)23-11-14(21)17-12-7-4-3-5-8-12;1-2/h4-11H,12H2,1-3H3,(H,19,23);2-10H,1,11H2,(H,17,21);1-2H3. The number of aromatic nitrogens is 6. The Kier molecular flexibility index (Phi) is 13.8. The SMILES string of the molecule is C=Cn1c(SCC(=O)Nc2ccccc2)nnc1-c1ccco1.CC.CC(C)(C)n1c(SCC(=O)Nc2ccccc2)nnc1-c1ccco1. The molecule has 2 amide bonds. The number of carbonyl (C=O) groups is 2. The quantitative estimate of drug-likeness (QED) is 0.126. The van der Waals surface area contributed by atoms with Crippen LogP contribution in [0.25, 0.3) is 29.4 Å². The number of amides is 2. The van der Waals surface area contributed by atoms with Gasteiger partial charge in [0.1, 0.15) is 0 Å². The van der Waals surface area contributed by atoms with E-state index in [2.05, 4.69) is 58.4 Å². The molecule has 0 aliphatic carbocycles. The van der Waals surface area contributed by atoms with Crippen molar-refractivity contribution in [2.24, 2.45) is 0 Å². The number of nitrogens with zero attached hydrogens (tertiary/aromatic N) is 6. The van der Waals surface area contributed by atoms with Crippen LogP contribution in [0.5, 0.6) is 0 Å². The van der Waals surface area contributed by atoms with Crippen LogP contribution >= 0.6 is 23.5 Å². The number of hydrogen-bond donors (Lipinski definition) is 2. The molecule has 0 spiro atoms. The van der Waals surface area contributed by atoms with Crippen molar-refractivity contribution in [3.63, 3.8) is 0 Å². The van der Waals surface area contributed by atoms with Crippen molar-refractivity contribution in [2.45, 2.75) is 50.5 Å². The predicted molar refractivity (Wildman–Crippen MR) is 200 cm³/mol. The average molecular weight is 713 g/mol. The summed E-state index contributed by atoms with van der Waals surface area (Å²) < 4.78 is 14.5. The number of benzene rings is 2. The van der Waals surface area contributed by atoms with Crippen molar-refractivity contribution in [1.29, 1.82) is 0 Å². The van der Waals surface area contributed by atoms with Gasteiger partial charge in [0.2, 0.25) is 23.5 Å². The van der Waals surface area contributed by atoms with E-state index >= 15 is 0 Å². The molecular weight excluding hydrogens is 673 g/mol. The van der Waals surface area contributed by atoms with E-state index in [1.54, 1.807) is 35.4 Å². The molecule has 2 N–H and O–H groups in total. The molecule has 14 heteroatoms. The molecule has 0 aliphatic rings. The van der Waals surface area contributed by atoms with Crippen LogP contribution in [0.15, 0.2) is 123 Å². The Hall–Kier alpha value is -5.34. The molecular formula is C36H40N8O4S2. The van der Waals surface area contributed by atoms with Gasteiger partial charge in [0.25, 0.3) is 0 Å². The summed E-state index contributed by atoms with van der Waals surface area (Å²) in [6.45, 7) is 14.0. The van der Waals surface area contributed by atoms with E-state index in [4.69, 9.17) is 8.83 Å². The molecule has 4 heterocycles. The third-order valence-electron chi connectivity index (χ3n) is 6.41. The monoisotopic (exact) mass is 712 g/mol. The van der Waals surface area contributed by atoms with E-state index in [-0.39, 0.29) is 28.9 Å². The maximum absolute atomic E-state index is 12.2. The molecule has 2 aromatic carbocycles. The summed E-state index contributed by atoms with van der Waals surface area (Å²) >= 11 is 2.64. The normalized spacial score (nSPS) is 10.7. The lowest BCUT2D eigenvalue weighted by Crippen LogP contribution is -2.24. The number of rotatable bonds is 11. The van der Waals surface area contributed by atoms with Crippen molar-refractivity contribution in [3.8, 4) is 23.2 Å². The summed E-state index contributed by atoms with van der Waals surface area (Å²) in [6.07, 6.45) is 4.77. The Labute approximate surface area is 299 Å². The Morgan fingerprint density at radius 1 is 0.700 bits per heavy atom. The first-order valence-corrected chi connectivity index (χ1v) is 17.8. The second-order valence-corrected chi connectivity index (χ2v) is 12.9. The highest BCUT2D eigenvalue weighted by molar-refractivity contribution is 8.00. The first-order valence-electron chi connectivity index (χ1n) is 15.8. The minimum Gasteiger partial charge on any atom is -0.461 e. The highest BCUT2D eigenvalue weighted by Crippen LogP contribution is 2.31. The summed E-state index contributed by atoms with van der Waals surface area (Å²) in [7, 11) is 0. The number of anilines is 2. The molecule has 260 valence electrons. The highest BCUT2D eigenvalue weighted by Gasteiger charge is 2.26. The first-order chi connectivity index (χ1) is 24.2. The lowest BCUT2D eigenvalue weighted by Gasteiger charge is -2.24. The number of thioether (sulfide) groups is 2. The van der Waals surface area contributed by atoms with Crippen molar-refractivity contribution in [1.82, 2.24) is 29.5 Å². The predicted octanol–water partition coefficient (Wildman–Crippen LogP) is 8.42. The van der Waals surface area contributed by atoms with Crippen molar-refractivity contribution >= 4 is 52.9 Å². The topological polar surface area (TPSA) is 146 Å². The van der Waals surface area contributed by atoms with Crippen LogP contribution < -0.4 is 10.6 Å². The van der Waals surface area contributed by atoms with E-state index in [1.807, 2.05) is 91.2 Å². The third-order valence-corrected chi connectivity index (χ3v) is 8.29. The molecule has 4 aromatic heterocycles. The lowest BCUT2D eigenvalue weighted by atomic mass is 10.1. The average Bonchev–Trinajstić information content (AvgIpc) is 3.95. The van der Waals surface area contributed by atoms with Crippen LogP contribution in [0.3, 0.4) is 0 Å². The Morgan fingerprint density at radius 3 is 1.62 bits per heavy atom. The highest BCUT2D eigenvalue weighted by atomic mass is 32.2. The fraction of sp³-hybridized carbons (Fsp3) is 0.222. The van der Waals surface area contributed by atoms with Crippen molar-refractivity contribution in [3.05, 3.63) is 104 Å². The number of hydrogen-bond acceptors (Lipinski definition) is 10. The molecule has 0 bridgehead atoms. The number of furan rings is 2. The van der Waals surface area contributed by atoms with Crippen LogP contribution in [-0.2, 0) is 15.1 Å². The molecule has 6 aromatic rings. The van der Waals surface area contributed by atoms with E-state index in [0.29, 0.717) is 33.5 Å². The molecule has 0 aliphatic heterocycles. The number of carbonyl (C=O) groups excluding carboxylic acids is 2. The molecule has 6 rings (SSSR count). The third kappa shape index (κ3) is 10.3. The van der Waals surface area contributed by atoms with Crippen LogP contribution in [0.1, 0.15) is 34.6 Å². The van der Waals surface area contributed by atoms with Crippen LogP contribution in [0.2, 0.25) is 0 Å². The van der Waals surface area contributed by atoms with E-state index in [0.717, 1.165) is 11.4 Å². The zero-order valence-corrected chi connectivity index (χ0v) is 30.2. The molecule has 0 unspecified atom stereocenters. The maximum atomic E-state index is 12.2. The summed E-state index contributed by atoms with van der Waals surface area (Å²) in [6, 6.07) is 25.9. The minimum absolute atomic E-state index is 0.0841.